The van der Waals surface area contributed by atoms with E-state index in [1.165, 1.54) is 0 Å². The monoisotopic (exact) mass is 314 g/mol. The first-order chi connectivity index (χ1) is 11.2. The predicted octanol–water partition coefficient (Wildman–Crippen LogP) is 2.42. The zero-order valence-corrected chi connectivity index (χ0v) is 13.4. The molecule has 1 fully saturated rings. The molecular weight excluding hydrogens is 292 g/mol. The molecule has 122 valence electrons. The zero-order chi connectivity index (χ0) is 16.2. The van der Waals surface area contributed by atoms with Gasteiger partial charge in [0.25, 0.3) is 0 Å². The van der Waals surface area contributed by atoms with Crippen molar-refractivity contribution in [2.75, 3.05) is 19.7 Å². The van der Waals surface area contributed by atoms with E-state index in [4.69, 9.17) is 4.42 Å². The zero-order valence-electron chi connectivity index (χ0n) is 13.4. The standard InChI is InChI=1S/C18H22N2O3/c1-13-16(19-18(23-13)15-7-3-2-4-8-15)10-17(22)20-9-5-6-14(11-20)12-21/h2-4,7-8,14,21H,5-6,9-12H2,1H3. The van der Waals surface area contributed by atoms with Crippen LogP contribution in [-0.4, -0.2) is 40.6 Å². The van der Waals surface area contributed by atoms with Gasteiger partial charge in [-0.15, -0.1) is 0 Å². The molecule has 1 aromatic heterocycles. The second-order valence-electron chi connectivity index (χ2n) is 6.10. The van der Waals surface area contributed by atoms with Crippen molar-refractivity contribution in [3.05, 3.63) is 41.8 Å². The Bertz CT molecular complexity index is 666. The molecule has 23 heavy (non-hydrogen) atoms. The van der Waals surface area contributed by atoms with Gasteiger partial charge in [-0.2, -0.15) is 0 Å². The lowest BCUT2D eigenvalue weighted by molar-refractivity contribution is -0.132. The van der Waals surface area contributed by atoms with E-state index < -0.39 is 0 Å². The van der Waals surface area contributed by atoms with Crippen LogP contribution in [0, 0.1) is 12.8 Å². The maximum absolute atomic E-state index is 12.5. The molecule has 1 aromatic carbocycles. The number of aryl methyl sites for hydroxylation is 1. The van der Waals surface area contributed by atoms with Crippen molar-refractivity contribution in [2.24, 2.45) is 5.92 Å². The molecule has 1 atom stereocenters. The van der Waals surface area contributed by atoms with Gasteiger partial charge in [-0.3, -0.25) is 4.79 Å². The summed E-state index contributed by atoms with van der Waals surface area (Å²) >= 11 is 0. The number of oxazole rings is 1. The number of hydrogen-bond donors (Lipinski definition) is 1. The van der Waals surface area contributed by atoms with Crippen LogP contribution < -0.4 is 0 Å². The molecule has 0 radical (unpaired) electrons. The van der Waals surface area contributed by atoms with Crippen LogP contribution in [0.2, 0.25) is 0 Å². The van der Waals surface area contributed by atoms with Crippen LogP contribution in [0.4, 0.5) is 0 Å². The molecule has 1 saturated heterocycles. The quantitative estimate of drug-likeness (QED) is 0.941. The third kappa shape index (κ3) is 3.62. The number of aliphatic hydroxyl groups is 1. The predicted molar refractivity (Wildman–Crippen MR) is 86.8 cm³/mol. The minimum Gasteiger partial charge on any atom is -0.441 e. The van der Waals surface area contributed by atoms with Crippen molar-refractivity contribution in [1.82, 2.24) is 9.88 Å². The Balaban J connectivity index is 1.70. The number of amides is 1. The fraction of sp³-hybridized carbons (Fsp3) is 0.444. The Morgan fingerprint density at radius 2 is 2.17 bits per heavy atom. The summed E-state index contributed by atoms with van der Waals surface area (Å²) in [5, 5.41) is 9.29. The second-order valence-corrected chi connectivity index (χ2v) is 6.10. The van der Waals surface area contributed by atoms with Crippen LogP contribution in [0.25, 0.3) is 11.5 Å². The van der Waals surface area contributed by atoms with E-state index in [0.717, 1.165) is 24.9 Å². The van der Waals surface area contributed by atoms with Crippen LogP contribution in [0.1, 0.15) is 24.3 Å². The summed E-state index contributed by atoms with van der Waals surface area (Å²) in [6.45, 7) is 3.38. The Kier molecular flexibility index (Phi) is 4.76. The Labute approximate surface area is 135 Å². The smallest absolute Gasteiger partial charge is 0.228 e. The summed E-state index contributed by atoms with van der Waals surface area (Å²) in [5.41, 5.74) is 1.60. The van der Waals surface area contributed by atoms with Gasteiger partial charge in [0, 0.05) is 25.3 Å². The molecule has 3 rings (SSSR count). The van der Waals surface area contributed by atoms with Gasteiger partial charge in [0.1, 0.15) is 5.76 Å². The molecule has 0 spiro atoms. The molecule has 1 aliphatic heterocycles. The minimum absolute atomic E-state index is 0.0548. The van der Waals surface area contributed by atoms with Crippen LogP contribution >= 0.6 is 0 Å². The van der Waals surface area contributed by atoms with E-state index in [0.29, 0.717) is 23.9 Å². The average Bonchev–Trinajstić information content (AvgIpc) is 2.96. The molecule has 0 aliphatic carbocycles. The number of aliphatic hydroxyl groups excluding tert-OH is 1. The third-order valence-electron chi connectivity index (χ3n) is 4.36. The molecule has 2 aromatic rings. The van der Waals surface area contributed by atoms with E-state index in [1.807, 2.05) is 42.2 Å². The van der Waals surface area contributed by atoms with Crippen molar-refractivity contribution in [2.45, 2.75) is 26.2 Å². The first kappa shape index (κ1) is 15.7. The molecule has 1 aliphatic rings. The van der Waals surface area contributed by atoms with Crippen LogP contribution in [0.3, 0.4) is 0 Å². The first-order valence-electron chi connectivity index (χ1n) is 8.07. The molecule has 5 heteroatoms. The number of nitrogens with zero attached hydrogens (tertiary/aromatic N) is 2. The Hall–Kier alpha value is -2.14. The Morgan fingerprint density at radius 1 is 1.39 bits per heavy atom. The lowest BCUT2D eigenvalue weighted by Crippen LogP contribution is -2.41. The molecule has 1 unspecified atom stereocenters. The van der Waals surface area contributed by atoms with Crippen molar-refractivity contribution in [3.8, 4) is 11.5 Å². The van der Waals surface area contributed by atoms with Gasteiger partial charge < -0.3 is 14.4 Å². The average molecular weight is 314 g/mol. The number of carbonyl (C=O) groups excluding carboxylic acids is 1. The highest BCUT2D eigenvalue weighted by molar-refractivity contribution is 5.78. The summed E-state index contributed by atoms with van der Waals surface area (Å²) in [6, 6.07) is 9.68. The van der Waals surface area contributed by atoms with E-state index in [2.05, 4.69) is 4.98 Å². The van der Waals surface area contributed by atoms with E-state index in [9.17, 15) is 9.90 Å². The van der Waals surface area contributed by atoms with Gasteiger partial charge in [-0.25, -0.2) is 4.98 Å². The fourth-order valence-electron chi connectivity index (χ4n) is 2.99. The van der Waals surface area contributed by atoms with Gasteiger partial charge in [-0.1, -0.05) is 18.2 Å². The number of aromatic nitrogens is 1. The molecule has 5 nitrogen and oxygen atoms in total. The normalized spacial score (nSPS) is 18.2. The molecular formula is C18H22N2O3. The van der Waals surface area contributed by atoms with Crippen molar-refractivity contribution >= 4 is 5.91 Å². The second kappa shape index (κ2) is 6.96. The van der Waals surface area contributed by atoms with E-state index >= 15 is 0 Å². The van der Waals surface area contributed by atoms with Gasteiger partial charge in [0.05, 0.1) is 12.1 Å². The summed E-state index contributed by atoms with van der Waals surface area (Å²) in [7, 11) is 0. The lowest BCUT2D eigenvalue weighted by Gasteiger charge is -2.31. The molecule has 1 N–H and O–H groups in total. The third-order valence-corrected chi connectivity index (χ3v) is 4.36. The van der Waals surface area contributed by atoms with E-state index in [-0.39, 0.29) is 24.9 Å². The van der Waals surface area contributed by atoms with Crippen LogP contribution in [-0.2, 0) is 11.2 Å². The summed E-state index contributed by atoms with van der Waals surface area (Å²) in [4.78, 5) is 18.8. The molecule has 2 heterocycles. The summed E-state index contributed by atoms with van der Waals surface area (Å²) in [6.07, 6.45) is 2.19. The first-order valence-corrected chi connectivity index (χ1v) is 8.07. The van der Waals surface area contributed by atoms with Gasteiger partial charge in [0.2, 0.25) is 11.8 Å². The van der Waals surface area contributed by atoms with Crippen molar-refractivity contribution in [1.29, 1.82) is 0 Å². The maximum atomic E-state index is 12.5. The Morgan fingerprint density at radius 3 is 2.91 bits per heavy atom. The maximum Gasteiger partial charge on any atom is 0.228 e. The number of piperidine rings is 1. The molecule has 0 bridgehead atoms. The number of carbonyl (C=O) groups is 1. The summed E-state index contributed by atoms with van der Waals surface area (Å²) < 4.78 is 5.71. The SMILES string of the molecule is Cc1oc(-c2ccccc2)nc1CC(=O)N1CCCC(CO)C1. The number of rotatable bonds is 4. The molecule has 0 saturated carbocycles. The van der Waals surface area contributed by atoms with Crippen molar-refractivity contribution < 1.29 is 14.3 Å². The van der Waals surface area contributed by atoms with E-state index in [1.54, 1.807) is 0 Å². The van der Waals surface area contributed by atoms with Gasteiger partial charge >= 0.3 is 0 Å². The van der Waals surface area contributed by atoms with Crippen LogP contribution in [0.5, 0.6) is 0 Å². The fourth-order valence-corrected chi connectivity index (χ4v) is 2.99. The largest absolute Gasteiger partial charge is 0.441 e. The van der Waals surface area contributed by atoms with Gasteiger partial charge in [-0.05, 0) is 37.8 Å². The number of likely N-dealkylation sites (tertiary alicyclic amines) is 1. The summed E-state index contributed by atoms with van der Waals surface area (Å²) in [5.74, 6) is 1.50. The van der Waals surface area contributed by atoms with Crippen molar-refractivity contribution in [3.63, 3.8) is 0 Å². The highest BCUT2D eigenvalue weighted by Gasteiger charge is 2.24. The topological polar surface area (TPSA) is 66.6 Å². The highest BCUT2D eigenvalue weighted by atomic mass is 16.4. The highest BCUT2D eigenvalue weighted by Crippen LogP contribution is 2.23. The lowest BCUT2D eigenvalue weighted by atomic mass is 9.98. The van der Waals surface area contributed by atoms with Gasteiger partial charge in [0.15, 0.2) is 0 Å². The minimum atomic E-state index is 0.0548. The molecule has 1 amide bonds. The number of hydrogen-bond acceptors (Lipinski definition) is 4. The van der Waals surface area contributed by atoms with Crippen LogP contribution in [0.15, 0.2) is 34.7 Å². The number of benzene rings is 1.